The monoisotopic (exact) mass is 392 g/mol. The van der Waals surface area contributed by atoms with Crippen molar-refractivity contribution in [2.24, 2.45) is 5.73 Å². The molecular weight excluding hydrogens is 364 g/mol. The molecule has 6 nitrogen and oxygen atoms in total. The molecule has 1 aromatic heterocycles. The molecule has 1 saturated heterocycles. The quantitative estimate of drug-likeness (QED) is 0.677. The summed E-state index contributed by atoms with van der Waals surface area (Å²) < 4.78 is 7.67. The maximum atomic E-state index is 12.6. The maximum absolute atomic E-state index is 12.6. The number of hydrogen-bond donors (Lipinski definition) is 2. The van der Waals surface area contributed by atoms with Gasteiger partial charge in [0.1, 0.15) is 6.04 Å². The molecule has 3 N–H and O–H groups in total. The van der Waals surface area contributed by atoms with Crippen LogP contribution in [0.5, 0.6) is 0 Å². The van der Waals surface area contributed by atoms with Crippen molar-refractivity contribution in [2.45, 2.75) is 19.5 Å². The summed E-state index contributed by atoms with van der Waals surface area (Å²) in [5.41, 5.74) is 10.0. The van der Waals surface area contributed by atoms with E-state index in [1.54, 1.807) is 0 Å². The van der Waals surface area contributed by atoms with E-state index in [4.69, 9.17) is 10.5 Å². The molecule has 1 atom stereocenters. The number of morpholine rings is 1. The lowest BCUT2D eigenvalue weighted by molar-refractivity contribution is -0.117. The number of amides is 1. The van der Waals surface area contributed by atoms with E-state index >= 15 is 0 Å². The van der Waals surface area contributed by atoms with Gasteiger partial charge in [0.25, 0.3) is 0 Å². The summed E-state index contributed by atoms with van der Waals surface area (Å²) in [4.78, 5) is 15.0. The molecule has 0 aliphatic carbocycles. The molecule has 0 bridgehead atoms. The average Bonchev–Trinajstić information content (AvgIpc) is 3.15. The molecule has 152 valence electrons. The van der Waals surface area contributed by atoms with E-state index in [9.17, 15) is 4.79 Å². The second kappa shape index (κ2) is 8.78. The smallest absolute Gasteiger partial charge is 0.245 e. The first-order chi connectivity index (χ1) is 14.1. The molecule has 1 fully saturated rings. The Morgan fingerprint density at radius 3 is 2.62 bits per heavy atom. The van der Waals surface area contributed by atoms with Crippen molar-refractivity contribution in [1.29, 1.82) is 0 Å². The van der Waals surface area contributed by atoms with Crippen LogP contribution in [0.3, 0.4) is 0 Å². The number of carbonyl (C=O) groups is 1. The van der Waals surface area contributed by atoms with E-state index in [1.165, 1.54) is 5.52 Å². The van der Waals surface area contributed by atoms with Crippen molar-refractivity contribution in [3.63, 3.8) is 0 Å². The first kappa shape index (κ1) is 19.6. The van der Waals surface area contributed by atoms with Crippen LogP contribution in [0.4, 0.5) is 5.69 Å². The molecule has 0 saturated carbocycles. The standard InChI is InChI=1S/C23H28N4O2/c1-17-2-4-18(5-3-17)22(24)23(28)25-20-6-7-21-19(16-20)8-9-27(21)11-10-26-12-14-29-15-13-26/h2-9,16,22H,10-15,24H2,1H3,(H,25,28). The van der Waals surface area contributed by atoms with Gasteiger partial charge in [0.2, 0.25) is 5.91 Å². The van der Waals surface area contributed by atoms with Crippen molar-refractivity contribution >= 4 is 22.5 Å². The first-order valence-electron chi connectivity index (χ1n) is 10.1. The van der Waals surface area contributed by atoms with Gasteiger partial charge in [-0.2, -0.15) is 0 Å². The molecule has 1 unspecified atom stereocenters. The van der Waals surface area contributed by atoms with Gasteiger partial charge in [-0.05, 0) is 36.8 Å². The fourth-order valence-electron chi connectivity index (χ4n) is 3.69. The van der Waals surface area contributed by atoms with Crippen molar-refractivity contribution in [2.75, 3.05) is 38.2 Å². The van der Waals surface area contributed by atoms with Gasteiger partial charge in [-0.3, -0.25) is 9.69 Å². The molecule has 2 aromatic carbocycles. The highest BCUT2D eigenvalue weighted by molar-refractivity contribution is 5.97. The van der Waals surface area contributed by atoms with Crippen LogP contribution in [0, 0.1) is 6.92 Å². The zero-order valence-electron chi connectivity index (χ0n) is 16.8. The van der Waals surface area contributed by atoms with Crippen LogP contribution >= 0.6 is 0 Å². The Bertz CT molecular complexity index is 974. The topological polar surface area (TPSA) is 72.5 Å². The van der Waals surface area contributed by atoms with Crippen molar-refractivity contribution in [1.82, 2.24) is 9.47 Å². The summed E-state index contributed by atoms with van der Waals surface area (Å²) in [5, 5.41) is 4.05. The van der Waals surface area contributed by atoms with Crippen LogP contribution < -0.4 is 11.1 Å². The number of nitrogens with zero attached hydrogens (tertiary/aromatic N) is 2. The van der Waals surface area contributed by atoms with Crippen molar-refractivity contribution in [3.05, 3.63) is 65.9 Å². The first-order valence-corrected chi connectivity index (χ1v) is 10.1. The molecule has 1 aliphatic heterocycles. The third-order valence-electron chi connectivity index (χ3n) is 5.52. The molecule has 6 heteroatoms. The summed E-state index contributed by atoms with van der Waals surface area (Å²) >= 11 is 0. The number of benzene rings is 2. The lowest BCUT2D eigenvalue weighted by atomic mass is 10.1. The maximum Gasteiger partial charge on any atom is 0.245 e. The highest BCUT2D eigenvalue weighted by Crippen LogP contribution is 2.22. The van der Waals surface area contributed by atoms with E-state index in [1.807, 2.05) is 43.3 Å². The van der Waals surface area contributed by atoms with Crippen LogP contribution in [0.15, 0.2) is 54.7 Å². The molecule has 1 aliphatic rings. The van der Waals surface area contributed by atoms with Crippen LogP contribution in [-0.4, -0.2) is 48.2 Å². The molecule has 4 rings (SSSR count). The van der Waals surface area contributed by atoms with Crippen LogP contribution in [0.25, 0.3) is 10.9 Å². The number of aromatic nitrogens is 1. The number of fused-ring (bicyclic) bond motifs is 1. The summed E-state index contributed by atoms with van der Waals surface area (Å²) in [7, 11) is 0. The third kappa shape index (κ3) is 4.67. The molecule has 0 radical (unpaired) electrons. The Labute approximate surface area is 171 Å². The van der Waals surface area contributed by atoms with Crippen LogP contribution in [-0.2, 0) is 16.1 Å². The van der Waals surface area contributed by atoms with Gasteiger partial charge in [-0.15, -0.1) is 0 Å². The Hall–Kier alpha value is -2.67. The van der Waals surface area contributed by atoms with Crippen LogP contribution in [0.1, 0.15) is 17.2 Å². The number of aryl methyl sites for hydroxylation is 1. The number of hydrogen-bond acceptors (Lipinski definition) is 4. The van der Waals surface area contributed by atoms with E-state index < -0.39 is 6.04 Å². The molecule has 3 aromatic rings. The van der Waals surface area contributed by atoms with Gasteiger partial charge in [0.05, 0.1) is 13.2 Å². The van der Waals surface area contributed by atoms with Gasteiger partial charge in [-0.1, -0.05) is 29.8 Å². The summed E-state index contributed by atoms with van der Waals surface area (Å²) in [6, 6.07) is 15.1. The van der Waals surface area contributed by atoms with E-state index in [0.717, 1.165) is 61.6 Å². The Kier molecular flexibility index (Phi) is 5.94. The molecule has 2 heterocycles. The molecular formula is C23H28N4O2. The zero-order chi connectivity index (χ0) is 20.2. The predicted molar refractivity (Wildman–Crippen MR) is 116 cm³/mol. The Balaban J connectivity index is 1.41. The Morgan fingerprint density at radius 1 is 1.10 bits per heavy atom. The summed E-state index contributed by atoms with van der Waals surface area (Å²) in [5.74, 6) is -0.208. The SMILES string of the molecule is Cc1ccc(C(N)C(=O)Nc2ccc3c(ccn3CCN3CCOCC3)c2)cc1. The minimum absolute atomic E-state index is 0.208. The van der Waals surface area contributed by atoms with Crippen molar-refractivity contribution in [3.8, 4) is 0 Å². The highest BCUT2D eigenvalue weighted by Gasteiger charge is 2.16. The minimum Gasteiger partial charge on any atom is -0.379 e. The zero-order valence-corrected chi connectivity index (χ0v) is 16.8. The lowest BCUT2D eigenvalue weighted by Crippen LogP contribution is -2.38. The minimum atomic E-state index is -0.690. The number of nitrogens with one attached hydrogen (secondary N) is 1. The lowest BCUT2D eigenvalue weighted by Gasteiger charge is -2.26. The third-order valence-corrected chi connectivity index (χ3v) is 5.52. The van der Waals surface area contributed by atoms with Gasteiger partial charge >= 0.3 is 0 Å². The van der Waals surface area contributed by atoms with E-state index in [0.29, 0.717) is 0 Å². The molecule has 1 amide bonds. The highest BCUT2D eigenvalue weighted by atomic mass is 16.5. The second-order valence-electron chi connectivity index (χ2n) is 7.61. The van der Waals surface area contributed by atoms with E-state index in [-0.39, 0.29) is 5.91 Å². The average molecular weight is 393 g/mol. The largest absolute Gasteiger partial charge is 0.379 e. The normalized spacial score (nSPS) is 16.1. The second-order valence-corrected chi connectivity index (χ2v) is 7.61. The number of ether oxygens (including phenoxy) is 1. The fourth-order valence-corrected chi connectivity index (χ4v) is 3.69. The number of anilines is 1. The number of nitrogens with two attached hydrogens (primary N) is 1. The predicted octanol–water partition coefficient (Wildman–Crippen LogP) is 2.92. The van der Waals surface area contributed by atoms with Gasteiger partial charge in [-0.25, -0.2) is 0 Å². The van der Waals surface area contributed by atoms with Gasteiger partial charge in [0.15, 0.2) is 0 Å². The number of rotatable bonds is 6. The molecule has 0 spiro atoms. The number of carbonyl (C=O) groups excluding carboxylic acids is 1. The van der Waals surface area contributed by atoms with E-state index in [2.05, 4.69) is 33.1 Å². The Morgan fingerprint density at radius 2 is 1.86 bits per heavy atom. The summed E-state index contributed by atoms with van der Waals surface area (Å²) in [6.45, 7) is 7.59. The van der Waals surface area contributed by atoms with Crippen molar-refractivity contribution < 1.29 is 9.53 Å². The van der Waals surface area contributed by atoms with Gasteiger partial charge in [0, 0.05) is 49.0 Å². The van der Waals surface area contributed by atoms with Gasteiger partial charge < -0.3 is 20.4 Å². The summed E-state index contributed by atoms with van der Waals surface area (Å²) in [6.07, 6.45) is 2.11. The van der Waals surface area contributed by atoms with Crippen LogP contribution in [0.2, 0.25) is 0 Å². The fraction of sp³-hybridized carbons (Fsp3) is 0.348. The molecule has 29 heavy (non-hydrogen) atoms.